The van der Waals surface area contributed by atoms with E-state index >= 15 is 0 Å². The second-order valence-electron chi connectivity index (χ2n) is 4.59. The normalized spacial score (nSPS) is 20.1. The first-order valence-electron chi connectivity index (χ1n) is 6.02. The lowest BCUT2D eigenvalue weighted by Gasteiger charge is -2.41. The summed E-state index contributed by atoms with van der Waals surface area (Å²) in [7, 11) is 2.88. The van der Waals surface area contributed by atoms with E-state index in [0.717, 1.165) is 22.6 Å². The van der Waals surface area contributed by atoms with Gasteiger partial charge in [0.2, 0.25) is 11.8 Å². The smallest absolute Gasteiger partial charge is 0.273 e. The molecule has 0 aromatic rings. The number of imide groups is 2. The van der Waals surface area contributed by atoms with Crippen LogP contribution in [0.4, 0.5) is 4.79 Å². The Kier molecular flexibility index (Phi) is 3.91. The van der Waals surface area contributed by atoms with E-state index in [1.54, 1.807) is 0 Å². The van der Waals surface area contributed by atoms with Crippen molar-refractivity contribution in [2.75, 3.05) is 14.1 Å². The summed E-state index contributed by atoms with van der Waals surface area (Å²) < 4.78 is 0. The van der Waals surface area contributed by atoms with E-state index in [2.05, 4.69) is 0 Å². The second-order valence-corrected chi connectivity index (χ2v) is 4.59. The van der Waals surface area contributed by atoms with Gasteiger partial charge in [0.15, 0.2) is 0 Å². The third-order valence-electron chi connectivity index (χ3n) is 3.36. The molecule has 1 saturated heterocycles. The van der Waals surface area contributed by atoms with Crippen molar-refractivity contribution in [3.63, 3.8) is 0 Å². The van der Waals surface area contributed by atoms with Crippen molar-refractivity contribution in [2.45, 2.75) is 39.5 Å². The molecule has 17 heavy (non-hydrogen) atoms. The third kappa shape index (κ3) is 1.94. The van der Waals surface area contributed by atoms with E-state index in [1.807, 2.05) is 13.8 Å². The minimum absolute atomic E-state index is 0.352. The minimum Gasteiger partial charge on any atom is -0.273 e. The van der Waals surface area contributed by atoms with Crippen LogP contribution in [-0.2, 0) is 9.59 Å². The zero-order chi connectivity index (χ0) is 13.2. The zero-order valence-electron chi connectivity index (χ0n) is 10.9. The Hall–Kier alpha value is -1.39. The van der Waals surface area contributed by atoms with E-state index in [0.29, 0.717) is 12.8 Å². The number of hydrogen-bond acceptors (Lipinski definition) is 3. The van der Waals surface area contributed by atoms with Crippen LogP contribution >= 0.6 is 0 Å². The monoisotopic (exact) mass is 240 g/mol. The average molecular weight is 240 g/mol. The Morgan fingerprint density at radius 3 is 1.53 bits per heavy atom. The van der Waals surface area contributed by atoms with Crippen LogP contribution in [0.1, 0.15) is 39.5 Å². The van der Waals surface area contributed by atoms with Gasteiger partial charge in [-0.2, -0.15) is 0 Å². The van der Waals surface area contributed by atoms with E-state index in [1.165, 1.54) is 14.1 Å². The summed E-state index contributed by atoms with van der Waals surface area (Å²) >= 11 is 0. The summed E-state index contributed by atoms with van der Waals surface area (Å²) in [5.74, 6) is -0.705. The molecule has 1 rings (SSSR count). The van der Waals surface area contributed by atoms with Gasteiger partial charge in [0.25, 0.3) is 0 Å². The lowest BCUT2D eigenvalue weighted by molar-refractivity contribution is -0.158. The molecule has 0 atom stereocenters. The first-order chi connectivity index (χ1) is 7.92. The van der Waals surface area contributed by atoms with Gasteiger partial charge in [-0.3, -0.25) is 19.4 Å². The molecule has 4 amide bonds. The maximum absolute atomic E-state index is 12.3. The first-order valence-corrected chi connectivity index (χ1v) is 6.02. The summed E-state index contributed by atoms with van der Waals surface area (Å²) in [5, 5.41) is 0. The van der Waals surface area contributed by atoms with Crippen molar-refractivity contribution in [3.05, 3.63) is 0 Å². The molecule has 0 aromatic heterocycles. The molecule has 1 aliphatic heterocycles. The lowest BCUT2D eigenvalue weighted by atomic mass is 9.75. The fourth-order valence-electron chi connectivity index (χ4n) is 2.54. The number of amides is 4. The van der Waals surface area contributed by atoms with Crippen molar-refractivity contribution in [1.29, 1.82) is 0 Å². The maximum atomic E-state index is 12.3. The molecule has 0 N–H and O–H groups in total. The summed E-state index contributed by atoms with van der Waals surface area (Å²) in [4.78, 5) is 38.3. The van der Waals surface area contributed by atoms with Crippen LogP contribution in [0.25, 0.3) is 0 Å². The van der Waals surface area contributed by atoms with Gasteiger partial charge < -0.3 is 0 Å². The number of barbiturate groups is 1. The molecular weight excluding hydrogens is 220 g/mol. The van der Waals surface area contributed by atoms with Crippen LogP contribution in [0, 0.1) is 5.41 Å². The summed E-state index contributed by atoms with van der Waals surface area (Å²) in [6.07, 6.45) is 2.49. The molecule has 96 valence electrons. The van der Waals surface area contributed by atoms with E-state index < -0.39 is 11.4 Å². The van der Waals surface area contributed by atoms with Crippen LogP contribution in [0.15, 0.2) is 0 Å². The molecule has 0 saturated carbocycles. The largest absolute Gasteiger partial charge is 0.332 e. The van der Waals surface area contributed by atoms with Gasteiger partial charge in [-0.15, -0.1) is 0 Å². The van der Waals surface area contributed by atoms with Gasteiger partial charge in [-0.1, -0.05) is 26.7 Å². The van der Waals surface area contributed by atoms with E-state index in [4.69, 9.17) is 0 Å². The summed E-state index contributed by atoms with van der Waals surface area (Å²) in [6, 6.07) is -0.539. The Bertz CT molecular complexity index is 320. The van der Waals surface area contributed by atoms with Crippen molar-refractivity contribution >= 4 is 17.8 Å². The predicted molar refractivity (Wildman–Crippen MR) is 63.2 cm³/mol. The number of rotatable bonds is 4. The highest BCUT2D eigenvalue weighted by Gasteiger charge is 2.53. The molecule has 0 bridgehead atoms. The fourth-order valence-corrected chi connectivity index (χ4v) is 2.54. The Labute approximate surface area is 102 Å². The molecule has 0 unspecified atom stereocenters. The highest BCUT2D eigenvalue weighted by Crippen LogP contribution is 2.37. The van der Waals surface area contributed by atoms with Gasteiger partial charge in [0, 0.05) is 14.1 Å². The highest BCUT2D eigenvalue weighted by atomic mass is 16.2. The molecule has 5 heteroatoms. The average Bonchev–Trinajstić information content (AvgIpc) is 2.32. The van der Waals surface area contributed by atoms with Gasteiger partial charge in [-0.05, 0) is 12.8 Å². The zero-order valence-corrected chi connectivity index (χ0v) is 10.9. The molecular formula is C12H20N2O3. The van der Waals surface area contributed by atoms with Crippen molar-refractivity contribution in [1.82, 2.24) is 9.80 Å². The topological polar surface area (TPSA) is 57.7 Å². The number of urea groups is 1. The summed E-state index contributed by atoms with van der Waals surface area (Å²) in [5.41, 5.74) is -1.03. The molecule has 0 aliphatic carbocycles. The second kappa shape index (κ2) is 4.85. The Balaban J connectivity index is 3.20. The van der Waals surface area contributed by atoms with Crippen LogP contribution in [0.3, 0.4) is 0 Å². The molecule has 1 heterocycles. The van der Waals surface area contributed by atoms with Crippen LogP contribution in [-0.4, -0.2) is 41.7 Å². The Morgan fingerprint density at radius 1 is 0.882 bits per heavy atom. The van der Waals surface area contributed by atoms with Gasteiger partial charge in [0.1, 0.15) is 5.41 Å². The number of nitrogens with zero attached hydrogens (tertiary/aromatic N) is 2. The predicted octanol–water partition coefficient (Wildman–Crippen LogP) is 1.62. The standard InChI is InChI=1S/C12H20N2O3/c1-5-7-12(8-6-2)9(15)13(3)11(17)14(4)10(12)16/h5-8H2,1-4H3. The third-order valence-corrected chi connectivity index (χ3v) is 3.36. The minimum atomic E-state index is -1.03. The van der Waals surface area contributed by atoms with Crippen molar-refractivity contribution in [3.8, 4) is 0 Å². The van der Waals surface area contributed by atoms with Gasteiger partial charge >= 0.3 is 6.03 Å². The van der Waals surface area contributed by atoms with E-state index in [-0.39, 0.29) is 11.8 Å². The number of carbonyl (C=O) groups is 3. The van der Waals surface area contributed by atoms with Crippen LogP contribution < -0.4 is 0 Å². The lowest BCUT2D eigenvalue weighted by Crippen LogP contribution is -2.62. The van der Waals surface area contributed by atoms with Gasteiger partial charge in [0.05, 0.1) is 0 Å². The summed E-state index contributed by atoms with van der Waals surface area (Å²) in [6.45, 7) is 3.88. The maximum Gasteiger partial charge on any atom is 0.332 e. The molecule has 0 radical (unpaired) electrons. The molecule has 1 aliphatic rings. The van der Waals surface area contributed by atoms with Gasteiger partial charge in [-0.25, -0.2) is 4.79 Å². The van der Waals surface area contributed by atoms with Crippen LogP contribution in [0.5, 0.6) is 0 Å². The quantitative estimate of drug-likeness (QED) is 0.702. The van der Waals surface area contributed by atoms with Crippen LogP contribution in [0.2, 0.25) is 0 Å². The number of carbonyl (C=O) groups excluding carboxylic acids is 3. The Morgan fingerprint density at radius 2 is 1.24 bits per heavy atom. The molecule has 0 aromatic carbocycles. The van der Waals surface area contributed by atoms with Crippen molar-refractivity contribution in [2.24, 2.45) is 5.41 Å². The van der Waals surface area contributed by atoms with E-state index in [9.17, 15) is 14.4 Å². The highest BCUT2D eigenvalue weighted by molar-refractivity contribution is 6.18. The SMILES string of the molecule is CCCC1(CCC)C(=O)N(C)C(=O)N(C)C1=O. The fraction of sp³-hybridized carbons (Fsp3) is 0.750. The molecule has 1 fully saturated rings. The first kappa shape index (κ1) is 13.7. The van der Waals surface area contributed by atoms with Crippen molar-refractivity contribution < 1.29 is 14.4 Å². The molecule has 0 spiro atoms. The number of hydrogen-bond donors (Lipinski definition) is 0. The molecule has 5 nitrogen and oxygen atoms in total.